The summed E-state index contributed by atoms with van der Waals surface area (Å²) >= 11 is 7.71. The van der Waals surface area contributed by atoms with E-state index in [2.05, 4.69) is 24.1 Å². The third-order valence-electron chi connectivity index (χ3n) is 2.51. The van der Waals surface area contributed by atoms with Crippen molar-refractivity contribution in [3.63, 3.8) is 0 Å². The number of benzene rings is 1. The van der Waals surface area contributed by atoms with Gasteiger partial charge < -0.3 is 5.32 Å². The van der Waals surface area contributed by atoms with Crippen LogP contribution in [0, 0.1) is 0 Å². The first kappa shape index (κ1) is 12.8. The number of hydrogen-bond donors (Lipinski definition) is 1. The van der Waals surface area contributed by atoms with Gasteiger partial charge >= 0.3 is 0 Å². The fraction of sp³-hybridized carbons (Fsp3) is 0.462. The number of rotatable bonds is 5. The van der Waals surface area contributed by atoms with Gasteiger partial charge in [-0.1, -0.05) is 25.4 Å². The molecule has 2 nitrogen and oxygen atoms in total. The van der Waals surface area contributed by atoms with E-state index >= 15 is 0 Å². The number of fused-ring (bicyclic) bond motifs is 1. The molecule has 1 N–H and O–H groups in total. The normalized spacial score (nSPS) is 11.5. The van der Waals surface area contributed by atoms with Crippen molar-refractivity contribution >= 4 is 33.2 Å². The smallest absolute Gasteiger partial charge is 0.0939 e. The number of aryl methyl sites for hydroxylation is 1. The molecular formula is C13H17ClN2S. The molecule has 0 aliphatic carbocycles. The van der Waals surface area contributed by atoms with E-state index in [1.807, 2.05) is 18.2 Å². The Labute approximate surface area is 111 Å². The monoisotopic (exact) mass is 268 g/mol. The van der Waals surface area contributed by atoms with Crippen molar-refractivity contribution in [1.29, 1.82) is 0 Å². The van der Waals surface area contributed by atoms with Gasteiger partial charge in [-0.25, -0.2) is 4.98 Å². The minimum absolute atomic E-state index is 0.559. The van der Waals surface area contributed by atoms with Crippen molar-refractivity contribution < 1.29 is 0 Å². The molecule has 92 valence electrons. The van der Waals surface area contributed by atoms with Gasteiger partial charge in [-0.3, -0.25) is 0 Å². The summed E-state index contributed by atoms with van der Waals surface area (Å²) in [4.78, 5) is 4.60. The van der Waals surface area contributed by atoms with Gasteiger partial charge in [0.25, 0.3) is 0 Å². The van der Waals surface area contributed by atoms with Gasteiger partial charge in [0.15, 0.2) is 0 Å². The summed E-state index contributed by atoms with van der Waals surface area (Å²) in [5, 5.41) is 5.38. The summed E-state index contributed by atoms with van der Waals surface area (Å²) in [5.74, 6) is 0. The first-order chi connectivity index (χ1) is 8.15. The molecule has 4 heteroatoms. The number of thiazole rings is 1. The third kappa shape index (κ3) is 3.66. The van der Waals surface area contributed by atoms with Crippen LogP contribution in [0.5, 0.6) is 0 Å². The summed E-state index contributed by atoms with van der Waals surface area (Å²) in [6, 6.07) is 6.46. The van der Waals surface area contributed by atoms with E-state index in [4.69, 9.17) is 11.6 Å². The van der Waals surface area contributed by atoms with Crippen molar-refractivity contribution in [3.8, 4) is 0 Å². The Morgan fingerprint density at radius 1 is 1.41 bits per heavy atom. The Morgan fingerprint density at radius 2 is 2.24 bits per heavy atom. The standard InChI is InChI=1S/C13H17ClN2S/c1-9(2)15-7-3-4-13-16-11-8-10(14)5-6-12(11)17-13/h5-6,8-9,15H,3-4,7H2,1-2H3. The molecule has 0 atom stereocenters. The van der Waals surface area contributed by atoms with E-state index in [9.17, 15) is 0 Å². The van der Waals surface area contributed by atoms with Gasteiger partial charge in [-0.2, -0.15) is 0 Å². The molecule has 2 rings (SSSR count). The van der Waals surface area contributed by atoms with Crippen LogP contribution in [-0.2, 0) is 6.42 Å². The van der Waals surface area contributed by atoms with Crippen molar-refractivity contribution in [3.05, 3.63) is 28.2 Å². The highest BCUT2D eigenvalue weighted by Gasteiger charge is 2.04. The zero-order chi connectivity index (χ0) is 12.3. The predicted octanol–water partition coefficient (Wildman–Crippen LogP) is 3.88. The van der Waals surface area contributed by atoms with Gasteiger partial charge in [0, 0.05) is 17.5 Å². The number of aromatic nitrogens is 1. The van der Waals surface area contributed by atoms with Crippen LogP contribution in [-0.4, -0.2) is 17.6 Å². The Kier molecular flexibility index (Phi) is 4.37. The molecule has 0 aliphatic rings. The number of halogens is 1. The fourth-order valence-corrected chi connectivity index (χ4v) is 2.84. The van der Waals surface area contributed by atoms with Gasteiger partial charge in [0.05, 0.1) is 15.2 Å². The molecule has 0 saturated heterocycles. The molecule has 0 bridgehead atoms. The number of hydrogen-bond acceptors (Lipinski definition) is 3. The zero-order valence-corrected chi connectivity index (χ0v) is 11.7. The lowest BCUT2D eigenvalue weighted by atomic mass is 10.3. The van der Waals surface area contributed by atoms with Crippen LogP contribution in [0.2, 0.25) is 5.02 Å². The Morgan fingerprint density at radius 3 is 3.00 bits per heavy atom. The number of nitrogens with one attached hydrogen (secondary N) is 1. The molecule has 0 spiro atoms. The van der Waals surface area contributed by atoms with E-state index < -0.39 is 0 Å². The van der Waals surface area contributed by atoms with Crippen LogP contribution in [0.25, 0.3) is 10.2 Å². The van der Waals surface area contributed by atoms with Crippen LogP contribution < -0.4 is 5.32 Å². The summed E-state index contributed by atoms with van der Waals surface area (Å²) in [7, 11) is 0. The first-order valence-electron chi connectivity index (χ1n) is 5.93. The van der Waals surface area contributed by atoms with E-state index in [0.29, 0.717) is 6.04 Å². The molecule has 1 aromatic carbocycles. The van der Waals surface area contributed by atoms with Gasteiger partial charge in [-0.15, -0.1) is 11.3 Å². The molecule has 0 fully saturated rings. The van der Waals surface area contributed by atoms with Crippen LogP contribution >= 0.6 is 22.9 Å². The first-order valence-corrected chi connectivity index (χ1v) is 7.13. The Balaban J connectivity index is 1.95. The van der Waals surface area contributed by atoms with Crippen LogP contribution in [0.1, 0.15) is 25.3 Å². The van der Waals surface area contributed by atoms with Crippen molar-refractivity contribution in [2.75, 3.05) is 6.54 Å². The summed E-state index contributed by atoms with van der Waals surface area (Å²) in [6.07, 6.45) is 2.17. The Bertz CT molecular complexity index is 493. The maximum absolute atomic E-state index is 5.94. The molecule has 0 aliphatic heterocycles. The van der Waals surface area contributed by atoms with Crippen LogP contribution in [0.15, 0.2) is 18.2 Å². The average molecular weight is 269 g/mol. The lowest BCUT2D eigenvalue weighted by Gasteiger charge is -2.05. The lowest BCUT2D eigenvalue weighted by Crippen LogP contribution is -2.23. The highest BCUT2D eigenvalue weighted by Crippen LogP contribution is 2.25. The third-order valence-corrected chi connectivity index (χ3v) is 3.85. The van der Waals surface area contributed by atoms with Crippen LogP contribution in [0.3, 0.4) is 0 Å². The predicted molar refractivity (Wildman–Crippen MR) is 76.1 cm³/mol. The zero-order valence-electron chi connectivity index (χ0n) is 10.2. The second kappa shape index (κ2) is 5.80. The maximum Gasteiger partial charge on any atom is 0.0939 e. The van der Waals surface area contributed by atoms with E-state index in [-0.39, 0.29) is 0 Å². The lowest BCUT2D eigenvalue weighted by molar-refractivity contribution is 0.570. The molecule has 0 amide bonds. The average Bonchev–Trinajstić information content (AvgIpc) is 2.66. The second-order valence-electron chi connectivity index (χ2n) is 4.43. The van der Waals surface area contributed by atoms with Crippen molar-refractivity contribution in [2.45, 2.75) is 32.7 Å². The largest absolute Gasteiger partial charge is 0.315 e. The Hall–Kier alpha value is -0.640. The SMILES string of the molecule is CC(C)NCCCc1nc2cc(Cl)ccc2s1. The van der Waals surface area contributed by atoms with E-state index in [1.165, 1.54) is 9.71 Å². The molecule has 17 heavy (non-hydrogen) atoms. The highest BCUT2D eigenvalue weighted by molar-refractivity contribution is 7.18. The van der Waals surface area contributed by atoms with E-state index in [1.54, 1.807) is 11.3 Å². The number of nitrogens with zero attached hydrogens (tertiary/aromatic N) is 1. The second-order valence-corrected chi connectivity index (χ2v) is 5.98. The molecule has 2 aromatic rings. The van der Waals surface area contributed by atoms with Gasteiger partial charge in [0.2, 0.25) is 0 Å². The fourth-order valence-electron chi connectivity index (χ4n) is 1.69. The summed E-state index contributed by atoms with van der Waals surface area (Å²) in [5.41, 5.74) is 1.02. The molecule has 1 heterocycles. The summed E-state index contributed by atoms with van der Waals surface area (Å²) in [6.45, 7) is 5.38. The minimum atomic E-state index is 0.559. The molecule has 0 unspecified atom stereocenters. The topological polar surface area (TPSA) is 24.9 Å². The molecule has 0 saturated carbocycles. The quantitative estimate of drug-likeness (QED) is 0.833. The van der Waals surface area contributed by atoms with E-state index in [0.717, 1.165) is 29.9 Å². The molecule has 1 aromatic heterocycles. The van der Waals surface area contributed by atoms with Crippen molar-refractivity contribution in [2.24, 2.45) is 0 Å². The molecule has 0 radical (unpaired) electrons. The minimum Gasteiger partial charge on any atom is -0.315 e. The van der Waals surface area contributed by atoms with Crippen LogP contribution in [0.4, 0.5) is 0 Å². The van der Waals surface area contributed by atoms with Gasteiger partial charge in [0.1, 0.15) is 0 Å². The maximum atomic E-state index is 5.94. The summed E-state index contributed by atoms with van der Waals surface area (Å²) < 4.78 is 1.22. The van der Waals surface area contributed by atoms with Gasteiger partial charge in [-0.05, 0) is 31.2 Å². The van der Waals surface area contributed by atoms with Crippen molar-refractivity contribution in [1.82, 2.24) is 10.3 Å². The highest BCUT2D eigenvalue weighted by atomic mass is 35.5. The molecular weight excluding hydrogens is 252 g/mol.